The molecule has 3 heteroatoms. The van der Waals surface area contributed by atoms with Crippen molar-refractivity contribution in [1.82, 2.24) is 0 Å². The molecule has 2 atom stereocenters. The van der Waals surface area contributed by atoms with Crippen molar-refractivity contribution in [2.24, 2.45) is 11.1 Å². The van der Waals surface area contributed by atoms with E-state index in [1.54, 1.807) is 0 Å². The molecule has 1 spiro atoms. The topological polar surface area (TPSA) is 44.5 Å². The Hall–Kier alpha value is -0.120. The fraction of sp³-hybridized carbons (Fsp3) is 1.00. The van der Waals surface area contributed by atoms with Crippen molar-refractivity contribution < 1.29 is 9.47 Å². The standard InChI is InChI=1S/C9H17NO2/c10-5-8-4-9(7-12-8)2-1-3-11-6-9/h8H,1-7,10H2/t8-,9+/m0/s1. The molecule has 2 heterocycles. The van der Waals surface area contributed by atoms with Crippen molar-refractivity contribution in [3.05, 3.63) is 0 Å². The fourth-order valence-electron chi connectivity index (χ4n) is 2.23. The summed E-state index contributed by atoms with van der Waals surface area (Å²) in [6.07, 6.45) is 3.82. The molecule has 2 aliphatic rings. The van der Waals surface area contributed by atoms with Gasteiger partial charge in [0.25, 0.3) is 0 Å². The molecular weight excluding hydrogens is 154 g/mol. The minimum Gasteiger partial charge on any atom is -0.381 e. The zero-order valence-electron chi connectivity index (χ0n) is 7.42. The van der Waals surface area contributed by atoms with Crippen LogP contribution < -0.4 is 5.73 Å². The van der Waals surface area contributed by atoms with Crippen LogP contribution >= 0.6 is 0 Å². The summed E-state index contributed by atoms with van der Waals surface area (Å²) in [6.45, 7) is 3.31. The fourth-order valence-corrected chi connectivity index (χ4v) is 2.23. The molecule has 2 aliphatic heterocycles. The Bertz CT molecular complexity index is 155. The zero-order valence-corrected chi connectivity index (χ0v) is 7.42. The van der Waals surface area contributed by atoms with Crippen molar-refractivity contribution in [3.63, 3.8) is 0 Å². The second-order valence-corrected chi connectivity index (χ2v) is 4.03. The van der Waals surface area contributed by atoms with Gasteiger partial charge >= 0.3 is 0 Å². The largest absolute Gasteiger partial charge is 0.381 e. The second kappa shape index (κ2) is 3.32. The molecule has 0 radical (unpaired) electrons. The average molecular weight is 171 g/mol. The molecule has 2 N–H and O–H groups in total. The molecular formula is C9H17NO2. The Labute approximate surface area is 73.2 Å². The first-order valence-electron chi connectivity index (χ1n) is 4.74. The predicted molar refractivity (Wildman–Crippen MR) is 45.9 cm³/mol. The van der Waals surface area contributed by atoms with Crippen LogP contribution in [0.25, 0.3) is 0 Å². The summed E-state index contributed by atoms with van der Waals surface area (Å²) < 4.78 is 11.1. The van der Waals surface area contributed by atoms with E-state index >= 15 is 0 Å². The minimum atomic E-state index is 0.284. The van der Waals surface area contributed by atoms with E-state index in [9.17, 15) is 0 Å². The lowest BCUT2D eigenvalue weighted by atomic mass is 9.80. The van der Waals surface area contributed by atoms with E-state index in [4.69, 9.17) is 15.2 Å². The predicted octanol–water partition coefficient (Wildman–Crippen LogP) is 0.531. The highest BCUT2D eigenvalue weighted by Crippen LogP contribution is 2.39. The zero-order chi connectivity index (χ0) is 8.44. The highest BCUT2D eigenvalue weighted by molar-refractivity contribution is 4.89. The van der Waals surface area contributed by atoms with E-state index in [-0.39, 0.29) is 6.10 Å². The molecule has 12 heavy (non-hydrogen) atoms. The molecule has 2 saturated heterocycles. The van der Waals surface area contributed by atoms with Crippen molar-refractivity contribution in [2.75, 3.05) is 26.4 Å². The van der Waals surface area contributed by atoms with Gasteiger partial charge < -0.3 is 15.2 Å². The van der Waals surface area contributed by atoms with Crippen molar-refractivity contribution in [3.8, 4) is 0 Å². The van der Waals surface area contributed by atoms with E-state index in [0.717, 1.165) is 26.2 Å². The highest BCUT2D eigenvalue weighted by atomic mass is 16.5. The molecule has 70 valence electrons. The second-order valence-electron chi connectivity index (χ2n) is 4.03. The first kappa shape index (κ1) is 8.48. The Kier molecular flexibility index (Phi) is 2.35. The van der Waals surface area contributed by atoms with Crippen LogP contribution in [0.4, 0.5) is 0 Å². The summed E-state index contributed by atoms with van der Waals surface area (Å²) in [5.74, 6) is 0. The number of hydrogen-bond acceptors (Lipinski definition) is 3. The van der Waals surface area contributed by atoms with Gasteiger partial charge in [0.2, 0.25) is 0 Å². The Balaban J connectivity index is 1.94. The van der Waals surface area contributed by atoms with Crippen LogP contribution in [0.15, 0.2) is 0 Å². The normalized spacial score (nSPS) is 42.2. The first-order chi connectivity index (χ1) is 5.85. The van der Waals surface area contributed by atoms with Crippen LogP contribution in [0.3, 0.4) is 0 Å². The van der Waals surface area contributed by atoms with Crippen molar-refractivity contribution in [1.29, 1.82) is 0 Å². The molecule has 0 aromatic rings. The molecule has 0 bridgehead atoms. The van der Waals surface area contributed by atoms with E-state index in [1.165, 1.54) is 12.8 Å². The lowest BCUT2D eigenvalue weighted by Gasteiger charge is -2.31. The van der Waals surface area contributed by atoms with E-state index in [0.29, 0.717) is 12.0 Å². The first-order valence-corrected chi connectivity index (χ1v) is 4.74. The lowest BCUT2D eigenvalue weighted by Crippen LogP contribution is -2.32. The van der Waals surface area contributed by atoms with Gasteiger partial charge in [-0.3, -0.25) is 0 Å². The summed E-state index contributed by atoms with van der Waals surface area (Å²) in [7, 11) is 0. The van der Waals surface area contributed by atoms with Gasteiger partial charge in [-0.25, -0.2) is 0 Å². The number of nitrogens with two attached hydrogens (primary N) is 1. The molecule has 2 rings (SSSR count). The van der Waals surface area contributed by atoms with Gasteiger partial charge in [-0.15, -0.1) is 0 Å². The third kappa shape index (κ3) is 1.49. The van der Waals surface area contributed by atoms with Crippen molar-refractivity contribution in [2.45, 2.75) is 25.4 Å². The van der Waals surface area contributed by atoms with Gasteiger partial charge in [0.05, 0.1) is 19.3 Å². The number of ether oxygens (including phenoxy) is 2. The molecule has 0 aliphatic carbocycles. The van der Waals surface area contributed by atoms with Crippen LogP contribution in [0, 0.1) is 5.41 Å². The lowest BCUT2D eigenvalue weighted by molar-refractivity contribution is -0.0135. The molecule has 0 aromatic carbocycles. The number of rotatable bonds is 1. The van der Waals surface area contributed by atoms with Crippen LogP contribution in [0.5, 0.6) is 0 Å². The molecule has 2 fully saturated rings. The van der Waals surface area contributed by atoms with Crippen LogP contribution in [-0.2, 0) is 9.47 Å². The summed E-state index contributed by atoms with van der Waals surface area (Å²) in [5.41, 5.74) is 5.88. The van der Waals surface area contributed by atoms with E-state index in [2.05, 4.69) is 0 Å². The maximum absolute atomic E-state index is 5.59. The van der Waals surface area contributed by atoms with Gasteiger partial charge in [0.1, 0.15) is 0 Å². The van der Waals surface area contributed by atoms with Crippen molar-refractivity contribution >= 4 is 0 Å². The van der Waals surface area contributed by atoms with E-state index in [1.807, 2.05) is 0 Å². The maximum Gasteiger partial charge on any atom is 0.0704 e. The number of hydrogen-bond donors (Lipinski definition) is 1. The summed E-state index contributed by atoms with van der Waals surface area (Å²) in [6, 6.07) is 0. The molecule has 0 saturated carbocycles. The maximum atomic E-state index is 5.59. The van der Waals surface area contributed by atoms with E-state index < -0.39 is 0 Å². The third-order valence-electron chi connectivity index (χ3n) is 2.95. The smallest absolute Gasteiger partial charge is 0.0704 e. The van der Waals surface area contributed by atoms with Gasteiger partial charge in [-0.2, -0.15) is 0 Å². The van der Waals surface area contributed by atoms with Gasteiger partial charge in [-0.1, -0.05) is 0 Å². The van der Waals surface area contributed by atoms with Gasteiger partial charge in [0.15, 0.2) is 0 Å². The third-order valence-corrected chi connectivity index (χ3v) is 2.95. The summed E-state index contributed by atoms with van der Waals surface area (Å²) in [4.78, 5) is 0. The Morgan fingerprint density at radius 1 is 1.42 bits per heavy atom. The van der Waals surface area contributed by atoms with Gasteiger partial charge in [0, 0.05) is 18.6 Å². The monoisotopic (exact) mass is 171 g/mol. The minimum absolute atomic E-state index is 0.284. The Morgan fingerprint density at radius 2 is 2.33 bits per heavy atom. The Morgan fingerprint density at radius 3 is 2.92 bits per heavy atom. The molecule has 0 amide bonds. The molecule has 0 unspecified atom stereocenters. The van der Waals surface area contributed by atoms with Gasteiger partial charge in [-0.05, 0) is 19.3 Å². The van der Waals surface area contributed by atoms with Crippen LogP contribution in [-0.4, -0.2) is 32.5 Å². The summed E-state index contributed by atoms with van der Waals surface area (Å²) in [5, 5.41) is 0. The van der Waals surface area contributed by atoms with Crippen LogP contribution in [0.1, 0.15) is 19.3 Å². The van der Waals surface area contributed by atoms with Crippen LogP contribution in [0.2, 0.25) is 0 Å². The molecule has 3 nitrogen and oxygen atoms in total. The summed E-state index contributed by atoms with van der Waals surface area (Å²) >= 11 is 0. The highest BCUT2D eigenvalue weighted by Gasteiger charge is 2.40. The average Bonchev–Trinajstić information content (AvgIpc) is 2.50. The molecule has 0 aromatic heterocycles. The quantitative estimate of drug-likeness (QED) is 0.626. The SMILES string of the molecule is NC[C@@H]1C[C@@]2(CCCOC2)CO1.